The van der Waals surface area contributed by atoms with Gasteiger partial charge < -0.3 is 15.1 Å². The summed E-state index contributed by atoms with van der Waals surface area (Å²) in [6.45, 7) is 0. The Bertz CT molecular complexity index is 745. The van der Waals surface area contributed by atoms with Crippen molar-refractivity contribution in [1.29, 1.82) is 0 Å². The number of anilines is 1. The molecule has 3 rings (SSSR count). The van der Waals surface area contributed by atoms with Crippen molar-refractivity contribution in [3.63, 3.8) is 0 Å². The van der Waals surface area contributed by atoms with Gasteiger partial charge in [0, 0.05) is 0 Å². The van der Waals surface area contributed by atoms with Crippen molar-refractivity contribution in [3.8, 4) is 5.75 Å². The van der Waals surface area contributed by atoms with Crippen molar-refractivity contribution in [3.05, 3.63) is 19.0 Å². The molecular formula is C10H10N8OS. The second-order valence-electron chi connectivity index (χ2n) is 3.59. The number of nitrogens with one attached hydrogen (secondary N) is 2. The minimum atomic E-state index is 0.403. The molecule has 0 aliphatic heterocycles. The van der Waals surface area contributed by atoms with E-state index in [-0.39, 0.29) is 0 Å². The summed E-state index contributed by atoms with van der Waals surface area (Å²) in [5.74, 6) is 6.24. The quantitative estimate of drug-likeness (QED) is 0.359. The normalized spacial score (nSPS) is 10.7. The van der Waals surface area contributed by atoms with Crippen LogP contribution in [0.3, 0.4) is 0 Å². The van der Waals surface area contributed by atoms with Gasteiger partial charge in [0.05, 0.1) is 13.4 Å². The minimum Gasteiger partial charge on any atom is -0.490 e. The van der Waals surface area contributed by atoms with Crippen LogP contribution in [-0.2, 0) is 0 Å². The summed E-state index contributed by atoms with van der Waals surface area (Å²) in [6, 6.07) is 0. The molecule has 20 heavy (non-hydrogen) atoms. The van der Waals surface area contributed by atoms with Crippen molar-refractivity contribution in [1.82, 2.24) is 29.9 Å². The van der Waals surface area contributed by atoms with Gasteiger partial charge in [-0.2, -0.15) is 0 Å². The highest BCUT2D eigenvalue weighted by molar-refractivity contribution is 7.99. The topological polar surface area (TPSA) is 128 Å². The number of aromatic amines is 1. The van der Waals surface area contributed by atoms with Crippen molar-refractivity contribution in [2.45, 2.75) is 10.1 Å². The highest BCUT2D eigenvalue weighted by atomic mass is 32.2. The summed E-state index contributed by atoms with van der Waals surface area (Å²) in [7, 11) is 1.52. The largest absolute Gasteiger partial charge is 0.490 e. The first-order valence-corrected chi connectivity index (χ1v) is 6.32. The number of nitrogen functional groups attached to an aromatic ring is 1. The number of rotatable bonds is 4. The second-order valence-corrected chi connectivity index (χ2v) is 4.56. The van der Waals surface area contributed by atoms with E-state index in [0.29, 0.717) is 27.3 Å². The number of fused-ring (bicyclic) bond motifs is 1. The van der Waals surface area contributed by atoms with Crippen LogP contribution in [0.4, 0.5) is 5.82 Å². The van der Waals surface area contributed by atoms with Crippen molar-refractivity contribution >= 4 is 28.7 Å². The van der Waals surface area contributed by atoms with Gasteiger partial charge in [0.2, 0.25) is 0 Å². The average molecular weight is 290 g/mol. The van der Waals surface area contributed by atoms with E-state index in [0.717, 1.165) is 5.52 Å². The number of H-pyrrole nitrogens is 1. The van der Waals surface area contributed by atoms with Gasteiger partial charge in [0.15, 0.2) is 22.2 Å². The third-order valence-corrected chi connectivity index (χ3v) is 3.48. The van der Waals surface area contributed by atoms with Crippen LogP contribution in [0, 0.1) is 0 Å². The van der Waals surface area contributed by atoms with E-state index in [1.165, 1.54) is 31.5 Å². The maximum atomic E-state index is 5.39. The molecule has 0 saturated carbocycles. The second kappa shape index (κ2) is 5.27. The van der Waals surface area contributed by atoms with E-state index in [2.05, 4.69) is 35.3 Å². The van der Waals surface area contributed by atoms with Crippen LogP contribution in [0.25, 0.3) is 11.2 Å². The summed E-state index contributed by atoms with van der Waals surface area (Å²) in [5.41, 5.74) is 3.79. The molecule has 0 radical (unpaired) electrons. The van der Waals surface area contributed by atoms with E-state index < -0.39 is 0 Å². The molecule has 0 aliphatic rings. The number of imidazole rings is 1. The molecule has 9 nitrogen and oxygen atoms in total. The van der Waals surface area contributed by atoms with Gasteiger partial charge >= 0.3 is 0 Å². The number of ether oxygens (including phenoxy) is 1. The number of nitrogens with zero attached hydrogens (tertiary/aromatic N) is 5. The molecule has 0 atom stereocenters. The summed E-state index contributed by atoms with van der Waals surface area (Å²) < 4.78 is 5.28. The van der Waals surface area contributed by atoms with Crippen LogP contribution in [0.15, 0.2) is 29.0 Å². The molecular weight excluding hydrogens is 280 g/mol. The Kier molecular flexibility index (Phi) is 3.31. The van der Waals surface area contributed by atoms with Gasteiger partial charge in [-0.25, -0.2) is 30.8 Å². The number of methoxy groups -OCH3 is 1. The predicted molar refractivity (Wildman–Crippen MR) is 72.2 cm³/mol. The summed E-state index contributed by atoms with van der Waals surface area (Å²) in [4.78, 5) is 23.5. The van der Waals surface area contributed by atoms with Gasteiger partial charge in [-0.3, -0.25) is 0 Å². The van der Waals surface area contributed by atoms with Crippen LogP contribution >= 0.6 is 11.8 Å². The molecule has 0 bridgehead atoms. The molecule has 0 saturated heterocycles. The van der Waals surface area contributed by atoms with E-state index in [1.54, 1.807) is 6.33 Å². The van der Waals surface area contributed by atoms with E-state index in [9.17, 15) is 0 Å². The SMILES string of the molecule is COc1c(NN)ncnc1Sc1ncnc2nc[nH]c12. The molecule has 3 aromatic rings. The smallest absolute Gasteiger partial charge is 0.195 e. The van der Waals surface area contributed by atoms with Gasteiger partial charge in [-0.1, -0.05) is 0 Å². The average Bonchev–Trinajstić information content (AvgIpc) is 2.96. The van der Waals surface area contributed by atoms with E-state index >= 15 is 0 Å². The van der Waals surface area contributed by atoms with Gasteiger partial charge in [0.1, 0.15) is 23.2 Å². The number of hydrogen-bond donors (Lipinski definition) is 3. The van der Waals surface area contributed by atoms with Crippen LogP contribution in [0.1, 0.15) is 0 Å². The molecule has 0 amide bonds. The van der Waals surface area contributed by atoms with Crippen LogP contribution in [0.5, 0.6) is 5.75 Å². The van der Waals surface area contributed by atoms with Gasteiger partial charge in [-0.05, 0) is 11.8 Å². The first-order chi connectivity index (χ1) is 9.83. The zero-order chi connectivity index (χ0) is 13.9. The summed E-state index contributed by atoms with van der Waals surface area (Å²) in [5, 5.41) is 1.28. The Labute approximate surface area is 117 Å². The maximum absolute atomic E-state index is 5.39. The zero-order valence-corrected chi connectivity index (χ0v) is 11.2. The van der Waals surface area contributed by atoms with Crippen LogP contribution in [0.2, 0.25) is 0 Å². The molecule has 10 heteroatoms. The summed E-state index contributed by atoms with van der Waals surface area (Å²) >= 11 is 1.31. The molecule has 3 aromatic heterocycles. The van der Waals surface area contributed by atoms with Crippen LogP contribution in [-0.4, -0.2) is 37.0 Å². The first kappa shape index (κ1) is 12.6. The number of hydrogen-bond acceptors (Lipinski definition) is 9. The standard InChI is InChI=1S/C10H10N8OS/c1-19-6-8(18-11)15-4-17-10(6)20-9-5-7(13-2-12-5)14-3-16-9/h2-4H,11H2,1H3,(H,15,17,18)(H,12,13,14,16). The number of nitrogens with two attached hydrogens (primary N) is 1. The molecule has 0 aromatic carbocycles. The molecule has 0 spiro atoms. The fourth-order valence-electron chi connectivity index (χ4n) is 1.63. The highest BCUT2D eigenvalue weighted by Gasteiger charge is 2.15. The molecule has 0 fully saturated rings. The fraction of sp³-hybridized carbons (Fsp3) is 0.100. The van der Waals surface area contributed by atoms with E-state index in [4.69, 9.17) is 10.6 Å². The Morgan fingerprint density at radius 2 is 1.95 bits per heavy atom. The van der Waals surface area contributed by atoms with E-state index in [1.807, 2.05) is 0 Å². The highest BCUT2D eigenvalue weighted by Crippen LogP contribution is 2.36. The third kappa shape index (κ3) is 2.10. The monoisotopic (exact) mass is 290 g/mol. The third-order valence-electron chi connectivity index (χ3n) is 2.49. The van der Waals surface area contributed by atoms with Gasteiger partial charge in [0.25, 0.3) is 0 Å². The van der Waals surface area contributed by atoms with Crippen molar-refractivity contribution in [2.75, 3.05) is 12.5 Å². The molecule has 3 heterocycles. The minimum absolute atomic E-state index is 0.403. The van der Waals surface area contributed by atoms with Gasteiger partial charge in [-0.15, -0.1) is 0 Å². The fourth-order valence-corrected chi connectivity index (χ4v) is 2.54. The maximum Gasteiger partial charge on any atom is 0.195 e. The Balaban J connectivity index is 2.05. The lowest BCUT2D eigenvalue weighted by Gasteiger charge is -2.10. The zero-order valence-electron chi connectivity index (χ0n) is 10.4. The lowest BCUT2D eigenvalue weighted by molar-refractivity contribution is 0.400. The molecule has 0 aliphatic carbocycles. The van der Waals surface area contributed by atoms with Crippen LogP contribution < -0.4 is 16.0 Å². The summed E-state index contributed by atoms with van der Waals surface area (Å²) in [6.07, 6.45) is 4.40. The molecule has 4 N–H and O–H groups in total. The Morgan fingerprint density at radius 3 is 2.75 bits per heavy atom. The van der Waals surface area contributed by atoms with Crippen molar-refractivity contribution < 1.29 is 4.74 Å². The predicted octanol–water partition coefficient (Wildman–Crippen LogP) is 0.588. The number of aromatic nitrogens is 6. The van der Waals surface area contributed by atoms with Crippen molar-refractivity contribution in [2.24, 2.45) is 5.84 Å². The lowest BCUT2D eigenvalue weighted by Crippen LogP contribution is -2.10. The Hall–Kier alpha value is -2.46. The lowest BCUT2D eigenvalue weighted by atomic mass is 10.5. The first-order valence-electron chi connectivity index (χ1n) is 5.51. The Morgan fingerprint density at radius 1 is 1.15 bits per heavy atom. The molecule has 0 unspecified atom stereocenters. The number of hydrazine groups is 1. The molecule has 102 valence electrons.